The molecule has 2 heteroatoms. The van der Waals surface area contributed by atoms with Gasteiger partial charge >= 0.3 is 0 Å². The second-order valence-electron chi connectivity index (χ2n) is 5.05. The van der Waals surface area contributed by atoms with E-state index in [4.69, 9.17) is 0 Å². The van der Waals surface area contributed by atoms with Crippen LogP contribution in [0.5, 0.6) is 0 Å². The van der Waals surface area contributed by atoms with E-state index in [1.807, 2.05) is 11.3 Å². The zero-order chi connectivity index (χ0) is 12.7. The lowest BCUT2D eigenvalue weighted by Crippen LogP contribution is -2.30. The molecule has 0 fully saturated rings. The van der Waals surface area contributed by atoms with Crippen molar-refractivity contribution >= 4 is 21.4 Å². The molecule has 0 saturated heterocycles. The Morgan fingerprint density at radius 3 is 3.00 bits per heavy atom. The largest absolute Gasteiger partial charge is 0.306 e. The highest BCUT2D eigenvalue weighted by Crippen LogP contribution is 2.31. The van der Waals surface area contributed by atoms with Crippen molar-refractivity contribution in [3.63, 3.8) is 0 Å². The van der Waals surface area contributed by atoms with Gasteiger partial charge in [-0.15, -0.1) is 11.3 Å². The van der Waals surface area contributed by atoms with E-state index in [1.165, 1.54) is 26.8 Å². The summed E-state index contributed by atoms with van der Waals surface area (Å²) >= 11 is 1.81. The van der Waals surface area contributed by atoms with Gasteiger partial charge in [0.1, 0.15) is 0 Å². The fraction of sp³-hybridized carbons (Fsp3) is 0.176. The molecular formula is C17H15NS. The molecule has 1 aliphatic heterocycles. The minimum atomic E-state index is 0.342. The van der Waals surface area contributed by atoms with E-state index in [0.29, 0.717) is 6.04 Å². The maximum absolute atomic E-state index is 3.65. The molecule has 2 aromatic carbocycles. The summed E-state index contributed by atoms with van der Waals surface area (Å²) in [6.07, 6.45) is 1.13. The molecule has 1 unspecified atom stereocenters. The summed E-state index contributed by atoms with van der Waals surface area (Å²) in [6, 6.07) is 18.2. The van der Waals surface area contributed by atoms with Gasteiger partial charge in [0.15, 0.2) is 0 Å². The Morgan fingerprint density at radius 2 is 2.00 bits per heavy atom. The Morgan fingerprint density at radius 1 is 1.05 bits per heavy atom. The van der Waals surface area contributed by atoms with Gasteiger partial charge in [-0.1, -0.05) is 30.3 Å². The van der Waals surface area contributed by atoms with Crippen molar-refractivity contribution < 1.29 is 0 Å². The van der Waals surface area contributed by atoms with Crippen LogP contribution in [-0.2, 0) is 6.42 Å². The second kappa shape index (κ2) is 4.48. The van der Waals surface area contributed by atoms with Crippen LogP contribution in [-0.4, -0.2) is 6.54 Å². The highest BCUT2D eigenvalue weighted by Gasteiger charge is 2.20. The summed E-state index contributed by atoms with van der Waals surface area (Å²) in [5.74, 6) is 0. The maximum Gasteiger partial charge on any atom is 0.0579 e. The Kier molecular flexibility index (Phi) is 2.64. The Labute approximate surface area is 116 Å². The number of hydrogen-bond donors (Lipinski definition) is 1. The molecule has 2 heterocycles. The molecule has 3 aromatic rings. The SMILES string of the molecule is c1ccc2c(c1)CCNC2c1ccc2sccc2c1. The van der Waals surface area contributed by atoms with E-state index in [-0.39, 0.29) is 0 Å². The summed E-state index contributed by atoms with van der Waals surface area (Å²) in [7, 11) is 0. The molecule has 19 heavy (non-hydrogen) atoms. The maximum atomic E-state index is 3.65. The first-order valence-corrected chi connectivity index (χ1v) is 7.58. The second-order valence-corrected chi connectivity index (χ2v) is 6.00. The number of fused-ring (bicyclic) bond motifs is 2. The average molecular weight is 265 g/mol. The molecule has 1 nitrogen and oxygen atoms in total. The van der Waals surface area contributed by atoms with Gasteiger partial charge in [0, 0.05) is 11.2 Å². The first-order chi connectivity index (χ1) is 9.42. The number of hydrogen-bond acceptors (Lipinski definition) is 2. The van der Waals surface area contributed by atoms with E-state index in [1.54, 1.807) is 0 Å². The average Bonchev–Trinajstić information content (AvgIpc) is 2.94. The van der Waals surface area contributed by atoms with Crippen molar-refractivity contribution in [2.45, 2.75) is 12.5 Å². The number of benzene rings is 2. The van der Waals surface area contributed by atoms with Crippen molar-refractivity contribution in [2.75, 3.05) is 6.54 Å². The Balaban J connectivity index is 1.84. The van der Waals surface area contributed by atoms with Crippen LogP contribution in [0.4, 0.5) is 0 Å². The molecular weight excluding hydrogens is 250 g/mol. The van der Waals surface area contributed by atoms with Gasteiger partial charge < -0.3 is 5.32 Å². The molecule has 0 bridgehead atoms. The molecule has 1 N–H and O–H groups in total. The molecule has 1 aromatic heterocycles. The minimum Gasteiger partial charge on any atom is -0.306 e. The monoisotopic (exact) mass is 265 g/mol. The lowest BCUT2D eigenvalue weighted by atomic mass is 9.90. The topological polar surface area (TPSA) is 12.0 Å². The summed E-state index contributed by atoms with van der Waals surface area (Å²) in [6.45, 7) is 1.06. The van der Waals surface area contributed by atoms with Crippen LogP contribution in [0, 0.1) is 0 Å². The zero-order valence-corrected chi connectivity index (χ0v) is 11.4. The smallest absolute Gasteiger partial charge is 0.0579 e. The van der Waals surface area contributed by atoms with Crippen molar-refractivity contribution in [1.29, 1.82) is 0 Å². The van der Waals surface area contributed by atoms with Crippen molar-refractivity contribution in [3.8, 4) is 0 Å². The van der Waals surface area contributed by atoms with Gasteiger partial charge in [0.2, 0.25) is 0 Å². The van der Waals surface area contributed by atoms with Gasteiger partial charge in [0.05, 0.1) is 6.04 Å². The summed E-state index contributed by atoms with van der Waals surface area (Å²) in [4.78, 5) is 0. The normalized spacial score (nSPS) is 18.4. The van der Waals surface area contributed by atoms with Crippen LogP contribution in [0.2, 0.25) is 0 Å². The molecule has 4 rings (SSSR count). The van der Waals surface area contributed by atoms with Crippen molar-refractivity contribution in [3.05, 3.63) is 70.6 Å². The van der Waals surface area contributed by atoms with Crippen LogP contribution in [0.1, 0.15) is 22.7 Å². The molecule has 0 spiro atoms. The summed E-state index contributed by atoms with van der Waals surface area (Å²) in [5.41, 5.74) is 4.29. The van der Waals surface area contributed by atoms with Crippen molar-refractivity contribution in [1.82, 2.24) is 5.32 Å². The Hall–Kier alpha value is -1.64. The molecule has 0 aliphatic carbocycles. The van der Waals surface area contributed by atoms with E-state index in [2.05, 4.69) is 59.2 Å². The van der Waals surface area contributed by atoms with E-state index < -0.39 is 0 Å². The van der Waals surface area contributed by atoms with E-state index in [9.17, 15) is 0 Å². The molecule has 0 amide bonds. The molecule has 1 aliphatic rings. The third-order valence-corrected chi connectivity index (χ3v) is 4.82. The van der Waals surface area contributed by atoms with Crippen LogP contribution in [0.15, 0.2) is 53.9 Å². The summed E-state index contributed by atoms with van der Waals surface area (Å²) < 4.78 is 1.37. The lowest BCUT2D eigenvalue weighted by molar-refractivity contribution is 0.568. The van der Waals surface area contributed by atoms with Gasteiger partial charge in [0.25, 0.3) is 0 Å². The van der Waals surface area contributed by atoms with Gasteiger partial charge in [-0.25, -0.2) is 0 Å². The first-order valence-electron chi connectivity index (χ1n) is 6.70. The minimum absolute atomic E-state index is 0.342. The fourth-order valence-corrected chi connectivity index (χ4v) is 3.74. The van der Waals surface area contributed by atoms with E-state index in [0.717, 1.165) is 13.0 Å². The predicted molar refractivity (Wildman–Crippen MR) is 81.8 cm³/mol. The number of rotatable bonds is 1. The fourth-order valence-electron chi connectivity index (χ4n) is 2.97. The summed E-state index contributed by atoms with van der Waals surface area (Å²) in [5, 5.41) is 7.17. The molecule has 94 valence electrons. The third kappa shape index (κ3) is 1.88. The number of thiophene rings is 1. The van der Waals surface area contributed by atoms with E-state index >= 15 is 0 Å². The van der Waals surface area contributed by atoms with Crippen LogP contribution >= 0.6 is 11.3 Å². The number of nitrogens with one attached hydrogen (secondary N) is 1. The van der Waals surface area contributed by atoms with Crippen LogP contribution in [0.3, 0.4) is 0 Å². The lowest BCUT2D eigenvalue weighted by Gasteiger charge is -2.27. The molecule has 0 radical (unpaired) electrons. The molecule has 0 saturated carbocycles. The van der Waals surface area contributed by atoms with Crippen molar-refractivity contribution in [2.24, 2.45) is 0 Å². The highest BCUT2D eigenvalue weighted by atomic mass is 32.1. The first kappa shape index (κ1) is 11.2. The van der Waals surface area contributed by atoms with Gasteiger partial charge in [-0.2, -0.15) is 0 Å². The Bertz CT molecular complexity index is 729. The quantitative estimate of drug-likeness (QED) is 0.697. The predicted octanol–water partition coefficient (Wildman–Crippen LogP) is 4.14. The van der Waals surface area contributed by atoms with Crippen LogP contribution < -0.4 is 5.32 Å². The standard InChI is InChI=1S/C17H15NS/c1-2-4-15-12(3-1)7-9-18-17(15)14-5-6-16-13(11-14)8-10-19-16/h1-6,8,10-11,17-18H,7,9H2. The van der Waals surface area contributed by atoms with Crippen LogP contribution in [0.25, 0.3) is 10.1 Å². The highest BCUT2D eigenvalue weighted by molar-refractivity contribution is 7.17. The molecule has 1 atom stereocenters. The zero-order valence-electron chi connectivity index (χ0n) is 10.6. The van der Waals surface area contributed by atoms with Gasteiger partial charge in [-0.3, -0.25) is 0 Å². The van der Waals surface area contributed by atoms with Gasteiger partial charge in [-0.05, 0) is 52.1 Å². The third-order valence-electron chi connectivity index (χ3n) is 3.92.